The van der Waals surface area contributed by atoms with Gasteiger partial charge in [-0.25, -0.2) is 8.78 Å². The minimum Gasteiger partial charge on any atom is -0.386 e. The summed E-state index contributed by atoms with van der Waals surface area (Å²) in [6.07, 6.45) is 1.56. The SMILES string of the molecule is CNC1=C(F)CCC(F)=C1. The Balaban J connectivity index is 2.82. The van der Waals surface area contributed by atoms with Crippen LogP contribution in [-0.2, 0) is 0 Å². The van der Waals surface area contributed by atoms with Crippen LogP contribution in [0, 0.1) is 0 Å². The van der Waals surface area contributed by atoms with Crippen molar-refractivity contribution < 1.29 is 8.78 Å². The summed E-state index contributed by atoms with van der Waals surface area (Å²) in [7, 11) is 1.57. The van der Waals surface area contributed by atoms with E-state index in [0.29, 0.717) is 0 Å². The van der Waals surface area contributed by atoms with E-state index in [0.717, 1.165) is 0 Å². The molecule has 1 nitrogen and oxygen atoms in total. The predicted molar refractivity (Wildman–Crippen MR) is 35.6 cm³/mol. The highest BCUT2D eigenvalue weighted by molar-refractivity contribution is 5.26. The average Bonchev–Trinajstić information content (AvgIpc) is 1.94. The molecule has 1 aliphatic carbocycles. The second-order valence-electron chi connectivity index (χ2n) is 2.16. The van der Waals surface area contributed by atoms with E-state index in [2.05, 4.69) is 5.32 Å². The summed E-state index contributed by atoms with van der Waals surface area (Å²) in [4.78, 5) is 0. The van der Waals surface area contributed by atoms with Crippen molar-refractivity contribution in [1.29, 1.82) is 0 Å². The van der Waals surface area contributed by atoms with E-state index < -0.39 is 0 Å². The molecule has 1 aliphatic rings. The van der Waals surface area contributed by atoms with Gasteiger partial charge in [-0.3, -0.25) is 0 Å². The Morgan fingerprint density at radius 2 is 2.10 bits per heavy atom. The minimum atomic E-state index is -0.260. The van der Waals surface area contributed by atoms with E-state index >= 15 is 0 Å². The second kappa shape index (κ2) is 2.82. The molecule has 0 bridgehead atoms. The minimum absolute atomic E-state index is 0.179. The van der Waals surface area contributed by atoms with Gasteiger partial charge >= 0.3 is 0 Å². The van der Waals surface area contributed by atoms with Gasteiger partial charge < -0.3 is 5.32 Å². The normalized spacial score (nSPS) is 18.9. The number of likely N-dealkylation sites (N-methyl/N-ethyl adjacent to an activating group) is 1. The topological polar surface area (TPSA) is 12.0 Å². The zero-order valence-corrected chi connectivity index (χ0v) is 5.75. The summed E-state index contributed by atoms with van der Waals surface area (Å²) >= 11 is 0. The molecule has 10 heavy (non-hydrogen) atoms. The van der Waals surface area contributed by atoms with Crippen LogP contribution >= 0.6 is 0 Å². The fraction of sp³-hybridized carbons (Fsp3) is 0.429. The zero-order valence-electron chi connectivity index (χ0n) is 5.75. The van der Waals surface area contributed by atoms with Gasteiger partial charge in [-0.1, -0.05) is 0 Å². The van der Waals surface area contributed by atoms with Crippen LogP contribution in [-0.4, -0.2) is 7.05 Å². The predicted octanol–water partition coefficient (Wildman–Crippen LogP) is 2.03. The van der Waals surface area contributed by atoms with Gasteiger partial charge in [-0.05, 0) is 6.08 Å². The van der Waals surface area contributed by atoms with Crippen LogP contribution in [0.2, 0.25) is 0 Å². The van der Waals surface area contributed by atoms with E-state index in [-0.39, 0.29) is 30.2 Å². The van der Waals surface area contributed by atoms with Crippen molar-refractivity contribution >= 4 is 0 Å². The van der Waals surface area contributed by atoms with Crippen LogP contribution in [0.15, 0.2) is 23.4 Å². The van der Waals surface area contributed by atoms with Gasteiger partial charge in [0.15, 0.2) is 0 Å². The van der Waals surface area contributed by atoms with Crippen molar-refractivity contribution in [2.24, 2.45) is 0 Å². The van der Waals surface area contributed by atoms with E-state index in [1.54, 1.807) is 7.05 Å². The molecule has 0 spiro atoms. The third kappa shape index (κ3) is 1.35. The maximum atomic E-state index is 12.6. The molecule has 1 rings (SSSR count). The summed E-state index contributed by atoms with van der Waals surface area (Å²) in [5, 5.41) is 2.57. The average molecular weight is 145 g/mol. The van der Waals surface area contributed by atoms with Crippen molar-refractivity contribution in [3.05, 3.63) is 23.4 Å². The Kier molecular flexibility index (Phi) is 2.04. The highest BCUT2D eigenvalue weighted by Crippen LogP contribution is 2.23. The number of halogens is 2. The summed E-state index contributed by atoms with van der Waals surface area (Å²) in [6.45, 7) is 0. The lowest BCUT2D eigenvalue weighted by atomic mass is 10.1. The first kappa shape index (κ1) is 7.25. The molecular weight excluding hydrogens is 136 g/mol. The van der Waals surface area contributed by atoms with Gasteiger partial charge in [0.2, 0.25) is 0 Å². The van der Waals surface area contributed by atoms with Crippen LogP contribution in [0.4, 0.5) is 8.78 Å². The van der Waals surface area contributed by atoms with Crippen LogP contribution in [0.5, 0.6) is 0 Å². The zero-order chi connectivity index (χ0) is 7.56. The lowest BCUT2D eigenvalue weighted by Crippen LogP contribution is -2.08. The maximum Gasteiger partial charge on any atom is 0.123 e. The molecule has 1 N–H and O–H groups in total. The smallest absolute Gasteiger partial charge is 0.123 e. The quantitative estimate of drug-likeness (QED) is 0.595. The van der Waals surface area contributed by atoms with Gasteiger partial charge in [0.05, 0.1) is 5.70 Å². The van der Waals surface area contributed by atoms with E-state index in [9.17, 15) is 8.78 Å². The fourth-order valence-electron chi connectivity index (χ4n) is 0.879. The number of rotatable bonds is 1. The molecule has 0 amide bonds. The monoisotopic (exact) mass is 145 g/mol. The number of nitrogens with one attached hydrogen (secondary N) is 1. The molecule has 0 aromatic carbocycles. The Bertz CT molecular complexity index is 194. The van der Waals surface area contributed by atoms with Gasteiger partial charge in [0.1, 0.15) is 11.7 Å². The highest BCUT2D eigenvalue weighted by atomic mass is 19.1. The van der Waals surface area contributed by atoms with Crippen LogP contribution < -0.4 is 5.32 Å². The van der Waals surface area contributed by atoms with E-state index in [1.807, 2.05) is 0 Å². The van der Waals surface area contributed by atoms with Gasteiger partial charge in [-0.2, -0.15) is 0 Å². The lowest BCUT2D eigenvalue weighted by molar-refractivity contribution is 0.510. The highest BCUT2D eigenvalue weighted by Gasteiger charge is 2.10. The largest absolute Gasteiger partial charge is 0.386 e. The van der Waals surface area contributed by atoms with Crippen molar-refractivity contribution in [3.8, 4) is 0 Å². The van der Waals surface area contributed by atoms with Crippen molar-refractivity contribution in [3.63, 3.8) is 0 Å². The molecule has 0 aromatic rings. The van der Waals surface area contributed by atoms with Crippen LogP contribution in [0.1, 0.15) is 12.8 Å². The molecule has 0 unspecified atom stereocenters. The van der Waals surface area contributed by atoms with Gasteiger partial charge in [0, 0.05) is 19.9 Å². The van der Waals surface area contributed by atoms with Gasteiger partial charge in [0.25, 0.3) is 0 Å². The Labute approximate surface area is 58.4 Å². The molecule has 56 valence electrons. The molecule has 0 atom stereocenters. The van der Waals surface area contributed by atoms with Crippen LogP contribution in [0.3, 0.4) is 0 Å². The van der Waals surface area contributed by atoms with Crippen molar-refractivity contribution in [1.82, 2.24) is 5.32 Å². The van der Waals surface area contributed by atoms with E-state index in [1.165, 1.54) is 6.08 Å². The van der Waals surface area contributed by atoms with E-state index in [4.69, 9.17) is 0 Å². The van der Waals surface area contributed by atoms with Crippen molar-refractivity contribution in [2.45, 2.75) is 12.8 Å². The molecule has 3 heteroatoms. The third-order valence-corrected chi connectivity index (χ3v) is 1.45. The molecular formula is C7H9F2N. The third-order valence-electron chi connectivity index (χ3n) is 1.45. The number of hydrogen-bond donors (Lipinski definition) is 1. The second-order valence-corrected chi connectivity index (χ2v) is 2.16. The fourth-order valence-corrected chi connectivity index (χ4v) is 0.879. The lowest BCUT2D eigenvalue weighted by Gasteiger charge is -2.09. The van der Waals surface area contributed by atoms with Gasteiger partial charge in [-0.15, -0.1) is 0 Å². The number of allylic oxidation sites excluding steroid dienone is 3. The molecule has 0 radical (unpaired) electrons. The molecule has 0 heterocycles. The number of hydrogen-bond acceptors (Lipinski definition) is 1. The molecule has 0 fully saturated rings. The van der Waals surface area contributed by atoms with Crippen LogP contribution in [0.25, 0.3) is 0 Å². The summed E-state index contributed by atoms with van der Waals surface area (Å²) < 4.78 is 25.0. The van der Waals surface area contributed by atoms with Crippen molar-refractivity contribution in [2.75, 3.05) is 7.05 Å². The summed E-state index contributed by atoms with van der Waals surface area (Å²) in [6, 6.07) is 0. The Morgan fingerprint density at radius 3 is 2.60 bits per heavy atom. The molecule has 0 saturated carbocycles. The first-order chi connectivity index (χ1) is 4.74. The Hall–Kier alpha value is -0.860. The molecule has 0 saturated heterocycles. The molecule has 0 aromatic heterocycles. The maximum absolute atomic E-state index is 12.6. The standard InChI is InChI=1S/C7H9F2N/c1-10-7-4-5(8)2-3-6(7)9/h4,10H,2-3H2,1H3. The first-order valence-electron chi connectivity index (χ1n) is 3.16. The molecule has 0 aliphatic heterocycles. The summed E-state index contributed by atoms with van der Waals surface area (Å²) in [5.41, 5.74) is 0.267. The summed E-state index contributed by atoms with van der Waals surface area (Å²) in [5.74, 6) is -0.519. The Morgan fingerprint density at radius 1 is 1.40 bits per heavy atom. The first-order valence-corrected chi connectivity index (χ1v) is 3.16.